The first-order chi connectivity index (χ1) is 5.97. The first-order valence-corrected chi connectivity index (χ1v) is 6.21. The van der Waals surface area contributed by atoms with Gasteiger partial charge in [-0.25, -0.2) is 8.42 Å². The molecule has 2 N–H and O–H groups in total. The fourth-order valence-corrected chi connectivity index (χ4v) is 1.84. The molecule has 13 heavy (non-hydrogen) atoms. The third-order valence-corrected chi connectivity index (χ3v) is 2.61. The normalized spacial score (nSPS) is 23.0. The van der Waals surface area contributed by atoms with Gasteiger partial charge in [0.1, 0.15) is 5.75 Å². The van der Waals surface area contributed by atoms with Crippen LogP contribution in [-0.2, 0) is 14.6 Å². The second-order valence-electron chi connectivity index (χ2n) is 3.33. The summed E-state index contributed by atoms with van der Waals surface area (Å²) in [6, 6.07) is 0.0919. The third kappa shape index (κ3) is 4.23. The van der Waals surface area contributed by atoms with Crippen molar-refractivity contribution in [2.75, 3.05) is 25.1 Å². The van der Waals surface area contributed by atoms with Gasteiger partial charge in [0.25, 0.3) is 0 Å². The summed E-state index contributed by atoms with van der Waals surface area (Å²) in [5.74, 6) is -0.819. The maximum absolute atomic E-state index is 11.1. The van der Waals surface area contributed by atoms with Crippen LogP contribution in [0.4, 0.5) is 0 Å². The van der Waals surface area contributed by atoms with Crippen molar-refractivity contribution in [3.8, 4) is 0 Å². The van der Waals surface area contributed by atoms with Gasteiger partial charge in [0.2, 0.25) is 5.91 Å². The Balaban J connectivity index is 2.33. The zero-order valence-corrected chi connectivity index (χ0v) is 8.36. The molecule has 0 bridgehead atoms. The van der Waals surface area contributed by atoms with Crippen molar-refractivity contribution in [1.29, 1.82) is 0 Å². The average molecular weight is 206 g/mol. The van der Waals surface area contributed by atoms with Gasteiger partial charge in [-0.05, 0) is 13.0 Å². The quantitative estimate of drug-likeness (QED) is 0.590. The number of hydrogen-bond acceptors (Lipinski definition) is 4. The molecule has 1 saturated heterocycles. The number of rotatable bonds is 3. The minimum atomic E-state index is -3.20. The second-order valence-corrected chi connectivity index (χ2v) is 5.47. The highest BCUT2D eigenvalue weighted by atomic mass is 32.2. The van der Waals surface area contributed by atoms with Crippen LogP contribution in [0.25, 0.3) is 0 Å². The molecule has 0 radical (unpaired) electrons. The number of nitrogens with one attached hydrogen (secondary N) is 2. The van der Waals surface area contributed by atoms with Crippen LogP contribution >= 0.6 is 0 Å². The molecule has 0 spiro atoms. The molecule has 0 saturated carbocycles. The van der Waals surface area contributed by atoms with E-state index in [1.165, 1.54) is 0 Å². The van der Waals surface area contributed by atoms with E-state index in [0.29, 0.717) is 0 Å². The molecule has 1 aliphatic rings. The van der Waals surface area contributed by atoms with Crippen molar-refractivity contribution in [3.05, 3.63) is 0 Å². The van der Waals surface area contributed by atoms with E-state index in [-0.39, 0.29) is 6.04 Å². The topological polar surface area (TPSA) is 75.3 Å². The van der Waals surface area contributed by atoms with Crippen molar-refractivity contribution in [2.24, 2.45) is 0 Å². The molecule has 5 nitrogen and oxygen atoms in total. The number of sulfone groups is 1. The van der Waals surface area contributed by atoms with Gasteiger partial charge in [-0.15, -0.1) is 0 Å². The molecule has 1 aliphatic heterocycles. The van der Waals surface area contributed by atoms with Crippen LogP contribution in [0.5, 0.6) is 0 Å². The van der Waals surface area contributed by atoms with Gasteiger partial charge in [-0.1, -0.05) is 0 Å². The van der Waals surface area contributed by atoms with Gasteiger partial charge in [0.15, 0.2) is 9.84 Å². The molecule has 0 unspecified atom stereocenters. The maximum Gasteiger partial charge on any atom is 0.235 e. The Morgan fingerprint density at radius 2 is 2.31 bits per heavy atom. The average Bonchev–Trinajstić information content (AvgIpc) is 2.34. The summed E-state index contributed by atoms with van der Waals surface area (Å²) in [7, 11) is -3.20. The fourth-order valence-electron chi connectivity index (χ4n) is 1.29. The van der Waals surface area contributed by atoms with Gasteiger partial charge >= 0.3 is 0 Å². The van der Waals surface area contributed by atoms with Gasteiger partial charge in [-0.2, -0.15) is 0 Å². The number of carbonyl (C=O) groups excluding carboxylic acids is 1. The molecular formula is C7H14N2O3S. The van der Waals surface area contributed by atoms with Crippen molar-refractivity contribution in [2.45, 2.75) is 12.5 Å². The molecule has 0 aromatic rings. The van der Waals surface area contributed by atoms with E-state index in [1.807, 2.05) is 0 Å². The lowest BCUT2D eigenvalue weighted by atomic mass is 10.3. The zero-order valence-electron chi connectivity index (χ0n) is 7.54. The lowest BCUT2D eigenvalue weighted by Crippen LogP contribution is -2.39. The maximum atomic E-state index is 11.1. The molecule has 76 valence electrons. The smallest absolute Gasteiger partial charge is 0.235 e. The third-order valence-electron chi connectivity index (χ3n) is 1.82. The van der Waals surface area contributed by atoms with E-state index in [2.05, 4.69) is 10.6 Å². The van der Waals surface area contributed by atoms with Crippen LogP contribution in [-0.4, -0.2) is 45.5 Å². The first kappa shape index (κ1) is 10.5. The van der Waals surface area contributed by atoms with Crippen molar-refractivity contribution in [1.82, 2.24) is 10.6 Å². The van der Waals surface area contributed by atoms with Gasteiger partial charge in [-0.3, -0.25) is 4.79 Å². The molecule has 0 aromatic heterocycles. The molecule has 0 aromatic carbocycles. The zero-order chi connectivity index (χ0) is 9.90. The van der Waals surface area contributed by atoms with Crippen LogP contribution in [0.15, 0.2) is 0 Å². The van der Waals surface area contributed by atoms with Crippen LogP contribution < -0.4 is 10.6 Å². The van der Waals surface area contributed by atoms with E-state index in [0.717, 1.165) is 25.8 Å². The van der Waals surface area contributed by atoms with Crippen LogP contribution in [0.3, 0.4) is 0 Å². The predicted octanol–water partition coefficient (Wildman–Crippen LogP) is -1.49. The highest BCUT2D eigenvalue weighted by Gasteiger charge is 2.18. The Labute approximate surface area is 77.8 Å². The van der Waals surface area contributed by atoms with E-state index in [4.69, 9.17) is 0 Å². The molecule has 1 heterocycles. The second kappa shape index (κ2) is 4.06. The van der Waals surface area contributed by atoms with E-state index in [1.54, 1.807) is 0 Å². The Kier molecular flexibility index (Phi) is 3.27. The molecule has 1 atom stereocenters. The summed E-state index contributed by atoms with van der Waals surface area (Å²) in [6.45, 7) is 1.61. The molecule has 1 fully saturated rings. The highest BCUT2D eigenvalue weighted by Crippen LogP contribution is 1.96. The van der Waals surface area contributed by atoms with E-state index in [9.17, 15) is 13.2 Å². The Morgan fingerprint density at radius 1 is 1.62 bits per heavy atom. The molecule has 1 amide bonds. The van der Waals surface area contributed by atoms with Crippen LogP contribution in [0, 0.1) is 0 Å². The van der Waals surface area contributed by atoms with Crippen molar-refractivity contribution in [3.63, 3.8) is 0 Å². The van der Waals surface area contributed by atoms with Gasteiger partial charge in [0.05, 0.1) is 0 Å². The van der Waals surface area contributed by atoms with Crippen molar-refractivity contribution < 1.29 is 13.2 Å². The largest absolute Gasteiger partial charge is 0.351 e. The van der Waals surface area contributed by atoms with Gasteiger partial charge in [0, 0.05) is 18.8 Å². The molecule has 0 aliphatic carbocycles. The van der Waals surface area contributed by atoms with Crippen LogP contribution in [0.2, 0.25) is 0 Å². The summed E-state index contributed by atoms with van der Waals surface area (Å²) in [4.78, 5) is 11.1. The standard InChI is InChI=1S/C7H14N2O3S/c1-13(11,12)5-7(10)9-6-2-3-8-4-6/h6,8H,2-5H2,1H3,(H,9,10)/t6-/m0/s1. The number of amides is 1. The Hall–Kier alpha value is -0.620. The predicted molar refractivity (Wildman–Crippen MR) is 49.1 cm³/mol. The number of carbonyl (C=O) groups is 1. The molecular weight excluding hydrogens is 192 g/mol. The summed E-state index contributed by atoms with van der Waals surface area (Å²) >= 11 is 0. The number of hydrogen-bond donors (Lipinski definition) is 2. The lowest BCUT2D eigenvalue weighted by Gasteiger charge is -2.09. The SMILES string of the molecule is CS(=O)(=O)CC(=O)N[C@H]1CCNC1. The first-order valence-electron chi connectivity index (χ1n) is 4.15. The fraction of sp³-hybridized carbons (Fsp3) is 0.857. The highest BCUT2D eigenvalue weighted by molar-refractivity contribution is 7.91. The molecule has 1 rings (SSSR count). The van der Waals surface area contributed by atoms with Crippen LogP contribution in [0.1, 0.15) is 6.42 Å². The van der Waals surface area contributed by atoms with E-state index < -0.39 is 21.5 Å². The van der Waals surface area contributed by atoms with E-state index >= 15 is 0 Å². The van der Waals surface area contributed by atoms with Gasteiger partial charge < -0.3 is 10.6 Å². The summed E-state index contributed by atoms with van der Waals surface area (Å²) in [6.07, 6.45) is 1.93. The summed E-state index contributed by atoms with van der Waals surface area (Å²) < 4.78 is 21.5. The van der Waals surface area contributed by atoms with Crippen molar-refractivity contribution >= 4 is 15.7 Å². The summed E-state index contributed by atoms with van der Waals surface area (Å²) in [5.41, 5.74) is 0. The minimum absolute atomic E-state index is 0.0919. The Bertz CT molecular complexity index is 280. The molecule has 6 heteroatoms. The Morgan fingerprint density at radius 3 is 2.77 bits per heavy atom. The minimum Gasteiger partial charge on any atom is -0.351 e. The summed E-state index contributed by atoms with van der Waals surface area (Å²) in [5, 5.41) is 5.73. The monoisotopic (exact) mass is 206 g/mol. The lowest BCUT2D eigenvalue weighted by molar-refractivity contribution is -0.119.